The second kappa shape index (κ2) is 22.6. The lowest BCUT2D eigenvalue weighted by Crippen LogP contribution is -2.63. The number of carbonyl (C=O) groups excluding carboxylic acids is 6. The zero-order valence-corrected chi connectivity index (χ0v) is 28.9. The molecule has 24 nitrogen and oxygen atoms in total. The number of amides is 6. The van der Waals surface area contributed by atoms with Crippen LogP contribution in [0.2, 0.25) is 0 Å². The second-order valence-electron chi connectivity index (χ2n) is 11.7. The highest BCUT2D eigenvalue weighted by atomic mass is 16.4. The maximum atomic E-state index is 13.3. The van der Waals surface area contributed by atoms with Gasteiger partial charge in [-0.1, -0.05) is 0 Å². The molecular formula is C28H50N10O14. The van der Waals surface area contributed by atoms with E-state index in [1.165, 1.54) is 6.92 Å². The van der Waals surface area contributed by atoms with Crippen LogP contribution in [0.3, 0.4) is 0 Å². The lowest BCUT2D eigenvalue weighted by Gasteiger charge is -2.28. The van der Waals surface area contributed by atoms with Crippen molar-refractivity contribution < 1.29 is 69.0 Å². The van der Waals surface area contributed by atoms with Crippen LogP contribution in [0.5, 0.6) is 0 Å². The number of carboxylic acid groups (broad SMARTS) is 2. The standard InChI is InChI=1S/C28H50N10O14/c1-10(21(45)38-20(13(4)42)27(51)52)33-23(47)15(6-5-7-32-28(30)31)34-25(49)19(12(3)41)37-24(48)16(9-39)35-26(50)18(11(2)40)36-22(46)14(29)8-17(43)44/h10-16,18-20,39-42H,5-9,29H2,1-4H3,(H,33,47)(H,34,49)(H,35,50)(H,36,46)(H,37,48)(H,38,45)(H,43,44)(H,51,52)(H4,30,31,32)/t10-,11+,12+,13+,14-,15-,16-,18-,19-,20-/m0/s1. The molecule has 0 spiro atoms. The number of aliphatic hydroxyl groups excluding tert-OH is 4. The molecule has 0 aliphatic rings. The molecule has 0 aromatic heterocycles. The van der Waals surface area contributed by atoms with E-state index in [1.54, 1.807) is 0 Å². The third-order valence-electron chi connectivity index (χ3n) is 7.05. The summed E-state index contributed by atoms with van der Waals surface area (Å²) in [6.07, 6.45) is -5.68. The van der Waals surface area contributed by atoms with Crippen molar-refractivity contribution in [2.45, 2.75) is 108 Å². The first kappa shape index (κ1) is 46.8. The van der Waals surface area contributed by atoms with Gasteiger partial charge in [-0.05, 0) is 40.5 Å². The summed E-state index contributed by atoms with van der Waals surface area (Å²) in [5.41, 5.74) is 16.1. The van der Waals surface area contributed by atoms with Gasteiger partial charge in [-0.25, -0.2) is 4.79 Å². The fourth-order valence-electron chi connectivity index (χ4n) is 4.14. The highest BCUT2D eigenvalue weighted by Crippen LogP contribution is 2.05. The van der Waals surface area contributed by atoms with Gasteiger partial charge in [0.05, 0.1) is 37.4 Å². The average molecular weight is 751 g/mol. The van der Waals surface area contributed by atoms with Crippen LogP contribution in [0, 0.1) is 0 Å². The minimum absolute atomic E-state index is 0.0133. The molecule has 0 radical (unpaired) electrons. The van der Waals surface area contributed by atoms with Gasteiger partial charge >= 0.3 is 11.9 Å². The van der Waals surface area contributed by atoms with E-state index in [0.717, 1.165) is 20.8 Å². The summed E-state index contributed by atoms with van der Waals surface area (Å²) in [5.74, 6) is -9.98. The van der Waals surface area contributed by atoms with E-state index in [9.17, 15) is 63.9 Å². The molecule has 0 aromatic carbocycles. The molecular weight excluding hydrogens is 700 g/mol. The Morgan fingerprint density at radius 1 is 0.615 bits per heavy atom. The van der Waals surface area contributed by atoms with Crippen LogP contribution in [-0.4, -0.2) is 158 Å². The number of rotatable bonds is 23. The Labute approximate surface area is 297 Å². The summed E-state index contributed by atoms with van der Waals surface area (Å²) in [4.78, 5) is 103. The van der Waals surface area contributed by atoms with Gasteiger partial charge in [-0.3, -0.25) is 38.6 Å². The van der Waals surface area contributed by atoms with Crippen LogP contribution >= 0.6 is 0 Å². The molecule has 6 amide bonds. The van der Waals surface area contributed by atoms with Gasteiger partial charge in [-0.15, -0.1) is 0 Å². The first-order chi connectivity index (χ1) is 24.0. The van der Waals surface area contributed by atoms with Crippen molar-refractivity contribution in [1.82, 2.24) is 31.9 Å². The van der Waals surface area contributed by atoms with E-state index < -0.39 is 121 Å². The van der Waals surface area contributed by atoms with Crippen molar-refractivity contribution in [2.24, 2.45) is 22.2 Å². The molecule has 0 fully saturated rings. The highest BCUT2D eigenvalue weighted by Gasteiger charge is 2.35. The molecule has 0 aliphatic carbocycles. The predicted molar refractivity (Wildman–Crippen MR) is 177 cm³/mol. The lowest BCUT2D eigenvalue weighted by molar-refractivity contribution is -0.145. The summed E-state index contributed by atoms with van der Waals surface area (Å²) in [7, 11) is 0. The number of carboxylic acids is 2. The van der Waals surface area contributed by atoms with Crippen LogP contribution in [0.25, 0.3) is 0 Å². The molecule has 0 aliphatic heterocycles. The Morgan fingerprint density at radius 3 is 1.48 bits per heavy atom. The first-order valence-electron chi connectivity index (χ1n) is 15.8. The molecule has 0 saturated heterocycles. The average Bonchev–Trinajstić information content (AvgIpc) is 3.03. The Kier molecular flexibility index (Phi) is 20.4. The van der Waals surface area contributed by atoms with E-state index >= 15 is 0 Å². The molecule has 0 bridgehead atoms. The van der Waals surface area contributed by atoms with Gasteiger partial charge in [0.2, 0.25) is 35.4 Å². The van der Waals surface area contributed by atoms with Crippen LogP contribution in [0.4, 0.5) is 0 Å². The molecule has 24 heteroatoms. The molecule has 52 heavy (non-hydrogen) atoms. The van der Waals surface area contributed by atoms with Gasteiger partial charge < -0.3 is 79.7 Å². The predicted octanol–water partition coefficient (Wildman–Crippen LogP) is -8.01. The number of aliphatic imine (C=N–C) groups is 1. The van der Waals surface area contributed by atoms with Gasteiger partial charge in [0.15, 0.2) is 12.0 Å². The van der Waals surface area contributed by atoms with E-state index in [1.807, 2.05) is 10.6 Å². The monoisotopic (exact) mass is 750 g/mol. The van der Waals surface area contributed by atoms with Crippen LogP contribution < -0.4 is 49.1 Å². The molecule has 10 atom stereocenters. The number of nitrogens with zero attached hydrogens (tertiary/aromatic N) is 1. The second-order valence-corrected chi connectivity index (χ2v) is 11.7. The zero-order valence-electron chi connectivity index (χ0n) is 28.9. The molecule has 296 valence electrons. The van der Waals surface area contributed by atoms with Crippen molar-refractivity contribution >= 4 is 53.3 Å². The third-order valence-corrected chi connectivity index (χ3v) is 7.05. The van der Waals surface area contributed by atoms with Gasteiger partial charge in [0, 0.05) is 6.54 Å². The Hall–Kier alpha value is -5.17. The van der Waals surface area contributed by atoms with Crippen LogP contribution in [0.1, 0.15) is 47.0 Å². The fourth-order valence-corrected chi connectivity index (χ4v) is 4.14. The number of aliphatic hydroxyl groups is 4. The highest BCUT2D eigenvalue weighted by molar-refractivity contribution is 5.97. The molecule has 18 N–H and O–H groups in total. The molecule has 0 aromatic rings. The van der Waals surface area contributed by atoms with E-state index in [-0.39, 0.29) is 25.3 Å². The van der Waals surface area contributed by atoms with Crippen molar-refractivity contribution in [3.8, 4) is 0 Å². The molecule has 0 saturated carbocycles. The van der Waals surface area contributed by atoms with Crippen LogP contribution in [0.15, 0.2) is 4.99 Å². The fraction of sp³-hybridized carbons (Fsp3) is 0.679. The summed E-state index contributed by atoms with van der Waals surface area (Å²) in [6.45, 7) is 3.35. The minimum atomic E-state index is -1.85. The zero-order chi connectivity index (χ0) is 40.5. The van der Waals surface area contributed by atoms with Gasteiger partial charge in [0.1, 0.15) is 30.2 Å². The Balaban J connectivity index is 5.95. The van der Waals surface area contributed by atoms with Gasteiger partial charge in [-0.2, -0.15) is 0 Å². The number of nitrogens with two attached hydrogens (primary N) is 3. The van der Waals surface area contributed by atoms with Gasteiger partial charge in [0.25, 0.3) is 0 Å². The number of nitrogens with one attached hydrogen (secondary N) is 6. The maximum absolute atomic E-state index is 13.3. The molecule has 0 rings (SSSR count). The van der Waals surface area contributed by atoms with Crippen molar-refractivity contribution in [2.75, 3.05) is 13.2 Å². The number of guanidine groups is 1. The number of hydrogen-bond donors (Lipinski definition) is 15. The van der Waals surface area contributed by atoms with Crippen molar-refractivity contribution in [1.29, 1.82) is 0 Å². The van der Waals surface area contributed by atoms with E-state index in [4.69, 9.17) is 22.3 Å². The Morgan fingerprint density at radius 2 is 1.06 bits per heavy atom. The summed E-state index contributed by atoms with van der Waals surface area (Å²) in [5, 5.41) is 70.6. The maximum Gasteiger partial charge on any atom is 0.328 e. The molecule has 0 unspecified atom stereocenters. The van der Waals surface area contributed by atoms with Crippen molar-refractivity contribution in [3.63, 3.8) is 0 Å². The smallest absolute Gasteiger partial charge is 0.328 e. The SMILES string of the molecule is C[C@H](NC(=O)[C@H](CCCN=C(N)N)NC(=O)[C@@H](NC(=O)[C@H](CO)NC(=O)[C@@H](NC(=O)[C@@H](N)CC(=O)O)[C@@H](C)O)[C@@H](C)O)C(=O)N[C@H](C(=O)O)[C@@H](C)O. The quantitative estimate of drug-likeness (QED) is 0.0262. The van der Waals surface area contributed by atoms with E-state index in [0.29, 0.717) is 0 Å². The summed E-state index contributed by atoms with van der Waals surface area (Å²) in [6, 6.07) is -11.6. The number of carbonyl (C=O) groups is 8. The summed E-state index contributed by atoms with van der Waals surface area (Å²) >= 11 is 0. The number of aliphatic carboxylic acids is 2. The van der Waals surface area contributed by atoms with E-state index in [2.05, 4.69) is 26.3 Å². The summed E-state index contributed by atoms with van der Waals surface area (Å²) < 4.78 is 0. The Bertz CT molecular complexity index is 1310. The molecule has 0 heterocycles. The first-order valence-corrected chi connectivity index (χ1v) is 15.8. The third kappa shape index (κ3) is 16.7. The minimum Gasteiger partial charge on any atom is -0.481 e. The number of hydrogen-bond acceptors (Lipinski definition) is 14. The lowest BCUT2D eigenvalue weighted by atomic mass is 10.1. The normalized spacial score (nSPS) is 16.7. The topological polar surface area (TPSA) is 421 Å². The van der Waals surface area contributed by atoms with Crippen LogP contribution in [-0.2, 0) is 38.4 Å². The van der Waals surface area contributed by atoms with Crippen molar-refractivity contribution in [3.05, 3.63) is 0 Å². The largest absolute Gasteiger partial charge is 0.481 e.